The van der Waals surface area contributed by atoms with Gasteiger partial charge in [0.2, 0.25) is 5.91 Å². The van der Waals surface area contributed by atoms with Gasteiger partial charge in [0, 0.05) is 11.4 Å². The number of anilines is 1. The molecule has 24 heavy (non-hydrogen) atoms. The zero-order valence-corrected chi connectivity index (χ0v) is 16.0. The SMILES string of the molecule is CC(C)CC(=O)NC(CC(C)C)C(=O)NNc1ccc(Cl)cc1Cl. The van der Waals surface area contributed by atoms with Gasteiger partial charge in [-0.05, 0) is 36.5 Å². The monoisotopic (exact) mass is 373 g/mol. The molecule has 0 spiro atoms. The van der Waals surface area contributed by atoms with Gasteiger partial charge < -0.3 is 5.32 Å². The third-order valence-corrected chi connectivity index (χ3v) is 3.75. The molecule has 0 aliphatic heterocycles. The van der Waals surface area contributed by atoms with Gasteiger partial charge in [0.05, 0.1) is 10.7 Å². The molecule has 0 saturated heterocycles. The van der Waals surface area contributed by atoms with Crippen LogP contribution >= 0.6 is 23.2 Å². The molecule has 1 rings (SSSR count). The molecule has 1 unspecified atom stereocenters. The largest absolute Gasteiger partial charge is 0.344 e. The number of carbonyl (C=O) groups excluding carboxylic acids is 2. The Balaban J connectivity index is 2.68. The molecule has 134 valence electrons. The topological polar surface area (TPSA) is 70.2 Å². The first-order valence-corrected chi connectivity index (χ1v) is 8.75. The van der Waals surface area contributed by atoms with Crippen LogP contribution in [0.25, 0.3) is 0 Å². The number of benzene rings is 1. The summed E-state index contributed by atoms with van der Waals surface area (Å²) in [7, 11) is 0. The van der Waals surface area contributed by atoms with E-state index < -0.39 is 6.04 Å². The van der Waals surface area contributed by atoms with Gasteiger partial charge >= 0.3 is 0 Å². The minimum absolute atomic E-state index is 0.129. The molecule has 0 radical (unpaired) electrons. The Morgan fingerprint density at radius 1 is 1.08 bits per heavy atom. The van der Waals surface area contributed by atoms with E-state index in [4.69, 9.17) is 23.2 Å². The van der Waals surface area contributed by atoms with E-state index in [0.29, 0.717) is 28.6 Å². The van der Waals surface area contributed by atoms with Crippen LogP contribution in [0.1, 0.15) is 40.5 Å². The first kappa shape index (κ1) is 20.6. The van der Waals surface area contributed by atoms with E-state index in [1.165, 1.54) is 0 Å². The third-order valence-electron chi connectivity index (χ3n) is 3.20. The zero-order chi connectivity index (χ0) is 18.3. The molecule has 5 nitrogen and oxygen atoms in total. The minimum Gasteiger partial charge on any atom is -0.344 e. The summed E-state index contributed by atoms with van der Waals surface area (Å²) < 4.78 is 0. The van der Waals surface area contributed by atoms with Gasteiger partial charge in [-0.2, -0.15) is 0 Å². The van der Waals surface area contributed by atoms with E-state index in [1.807, 2.05) is 27.7 Å². The van der Waals surface area contributed by atoms with Crippen molar-refractivity contribution in [1.29, 1.82) is 0 Å². The summed E-state index contributed by atoms with van der Waals surface area (Å²) in [5, 5.41) is 3.70. The maximum absolute atomic E-state index is 12.4. The van der Waals surface area contributed by atoms with Crippen LogP contribution in [0.4, 0.5) is 5.69 Å². The van der Waals surface area contributed by atoms with Crippen LogP contribution in [0.5, 0.6) is 0 Å². The third kappa shape index (κ3) is 7.41. The molecular formula is C17H25Cl2N3O2. The van der Waals surface area contributed by atoms with Crippen molar-refractivity contribution in [3.05, 3.63) is 28.2 Å². The van der Waals surface area contributed by atoms with Crippen molar-refractivity contribution in [3.63, 3.8) is 0 Å². The summed E-state index contributed by atoms with van der Waals surface area (Å²) >= 11 is 11.9. The maximum Gasteiger partial charge on any atom is 0.260 e. The van der Waals surface area contributed by atoms with Crippen LogP contribution in [0.3, 0.4) is 0 Å². The van der Waals surface area contributed by atoms with E-state index in [-0.39, 0.29) is 23.7 Å². The predicted molar refractivity (Wildman–Crippen MR) is 99.1 cm³/mol. The molecule has 1 atom stereocenters. The summed E-state index contributed by atoms with van der Waals surface area (Å²) in [4.78, 5) is 24.4. The number of carbonyl (C=O) groups is 2. The maximum atomic E-state index is 12.4. The van der Waals surface area contributed by atoms with Gasteiger partial charge in [-0.25, -0.2) is 0 Å². The molecule has 3 N–H and O–H groups in total. The molecule has 2 amide bonds. The summed E-state index contributed by atoms with van der Waals surface area (Å²) in [6.45, 7) is 7.92. The Kier molecular flexibility index (Phi) is 8.36. The van der Waals surface area contributed by atoms with Crippen LogP contribution in [0.15, 0.2) is 18.2 Å². The van der Waals surface area contributed by atoms with Crippen LogP contribution in [0.2, 0.25) is 10.0 Å². The predicted octanol–water partition coefficient (Wildman–Crippen LogP) is 4.01. The Bertz CT molecular complexity index is 577. The van der Waals surface area contributed by atoms with Crippen molar-refractivity contribution in [2.45, 2.75) is 46.6 Å². The van der Waals surface area contributed by atoms with Crippen molar-refractivity contribution < 1.29 is 9.59 Å². The van der Waals surface area contributed by atoms with Crippen molar-refractivity contribution in [2.24, 2.45) is 11.8 Å². The standard InChI is InChI=1S/C17H25Cl2N3O2/c1-10(2)7-15(20-16(23)8-11(3)4)17(24)22-21-14-6-5-12(18)9-13(14)19/h5-6,9-11,15,21H,7-8H2,1-4H3,(H,20,23)(H,22,24). The van der Waals surface area contributed by atoms with Gasteiger partial charge in [0.1, 0.15) is 6.04 Å². The normalized spacial score (nSPS) is 12.2. The van der Waals surface area contributed by atoms with E-state index in [0.717, 1.165) is 0 Å². The first-order valence-electron chi connectivity index (χ1n) is 7.99. The number of rotatable bonds is 8. The van der Waals surface area contributed by atoms with Gasteiger partial charge in [0.25, 0.3) is 5.91 Å². The quantitative estimate of drug-likeness (QED) is 0.602. The smallest absolute Gasteiger partial charge is 0.260 e. The lowest BCUT2D eigenvalue weighted by molar-refractivity contribution is -0.129. The lowest BCUT2D eigenvalue weighted by atomic mass is 10.0. The summed E-state index contributed by atoms with van der Waals surface area (Å²) in [5.41, 5.74) is 5.89. The van der Waals surface area contributed by atoms with Crippen molar-refractivity contribution in [2.75, 3.05) is 5.43 Å². The number of hydrazine groups is 1. The number of hydrogen-bond acceptors (Lipinski definition) is 3. The second kappa shape index (κ2) is 9.74. The van der Waals surface area contributed by atoms with Crippen LogP contribution in [-0.4, -0.2) is 17.9 Å². The van der Waals surface area contributed by atoms with E-state index >= 15 is 0 Å². The molecule has 0 aromatic heterocycles. The van der Waals surface area contributed by atoms with E-state index in [2.05, 4.69) is 16.2 Å². The highest BCUT2D eigenvalue weighted by molar-refractivity contribution is 6.36. The molecular weight excluding hydrogens is 349 g/mol. The van der Waals surface area contributed by atoms with Crippen molar-refractivity contribution in [3.8, 4) is 0 Å². The van der Waals surface area contributed by atoms with Crippen LogP contribution in [-0.2, 0) is 9.59 Å². The highest BCUT2D eigenvalue weighted by atomic mass is 35.5. The molecule has 0 saturated carbocycles. The van der Waals surface area contributed by atoms with Crippen molar-refractivity contribution in [1.82, 2.24) is 10.7 Å². The highest BCUT2D eigenvalue weighted by Crippen LogP contribution is 2.24. The highest BCUT2D eigenvalue weighted by Gasteiger charge is 2.22. The van der Waals surface area contributed by atoms with E-state index in [9.17, 15) is 9.59 Å². The lowest BCUT2D eigenvalue weighted by Crippen LogP contribution is -2.49. The zero-order valence-electron chi connectivity index (χ0n) is 14.5. The Morgan fingerprint density at radius 2 is 1.75 bits per heavy atom. The molecule has 0 bridgehead atoms. The number of amides is 2. The van der Waals surface area contributed by atoms with Gasteiger partial charge in [-0.15, -0.1) is 0 Å². The van der Waals surface area contributed by atoms with Gasteiger partial charge in [-0.3, -0.25) is 20.4 Å². The molecule has 0 heterocycles. The van der Waals surface area contributed by atoms with Crippen molar-refractivity contribution >= 4 is 40.7 Å². The average molecular weight is 374 g/mol. The summed E-state index contributed by atoms with van der Waals surface area (Å²) in [6, 6.07) is 4.31. The molecule has 0 aliphatic rings. The van der Waals surface area contributed by atoms with Gasteiger partial charge in [0.15, 0.2) is 0 Å². The van der Waals surface area contributed by atoms with Crippen LogP contribution < -0.4 is 16.2 Å². The Morgan fingerprint density at radius 3 is 2.29 bits per heavy atom. The number of hydrogen-bond donors (Lipinski definition) is 3. The Hall–Kier alpha value is -1.46. The fourth-order valence-electron chi connectivity index (χ4n) is 2.13. The fraction of sp³-hybridized carbons (Fsp3) is 0.529. The Labute approximate surface area is 153 Å². The summed E-state index contributed by atoms with van der Waals surface area (Å²) in [6.07, 6.45) is 0.935. The van der Waals surface area contributed by atoms with E-state index in [1.54, 1.807) is 18.2 Å². The second-order valence-corrected chi connectivity index (χ2v) is 7.43. The lowest BCUT2D eigenvalue weighted by Gasteiger charge is -2.21. The minimum atomic E-state index is -0.602. The number of halogens is 2. The summed E-state index contributed by atoms with van der Waals surface area (Å²) in [5.74, 6) is 0.0557. The van der Waals surface area contributed by atoms with Crippen LogP contribution in [0, 0.1) is 11.8 Å². The molecule has 7 heteroatoms. The molecule has 1 aromatic carbocycles. The molecule has 1 aromatic rings. The van der Waals surface area contributed by atoms with Gasteiger partial charge in [-0.1, -0.05) is 50.9 Å². The molecule has 0 aliphatic carbocycles. The molecule has 0 fully saturated rings. The second-order valence-electron chi connectivity index (χ2n) is 6.59. The average Bonchev–Trinajstić information content (AvgIpc) is 2.44. The fourth-order valence-corrected chi connectivity index (χ4v) is 2.59. The number of nitrogens with one attached hydrogen (secondary N) is 3. The first-order chi connectivity index (χ1) is 11.2.